The Balaban J connectivity index is 1.70. The van der Waals surface area contributed by atoms with Crippen molar-refractivity contribution in [3.05, 3.63) is 65.3 Å². The summed E-state index contributed by atoms with van der Waals surface area (Å²) in [7, 11) is 2.36. The minimum atomic E-state index is -1.07. The molecule has 190 valence electrons. The lowest BCUT2D eigenvalue weighted by Gasteiger charge is -2.15. The van der Waals surface area contributed by atoms with Gasteiger partial charge in [0.2, 0.25) is 11.8 Å². The lowest BCUT2D eigenvalue weighted by atomic mass is 10.2. The van der Waals surface area contributed by atoms with Crippen LogP contribution in [0.3, 0.4) is 0 Å². The molecule has 3 heterocycles. The van der Waals surface area contributed by atoms with E-state index in [1.54, 1.807) is 0 Å². The van der Waals surface area contributed by atoms with Crippen molar-refractivity contribution in [3.63, 3.8) is 0 Å². The fourth-order valence-electron chi connectivity index (χ4n) is 2.81. The summed E-state index contributed by atoms with van der Waals surface area (Å²) in [6.07, 6.45) is 2.12. The monoisotopic (exact) mass is 519 g/mol. The molecular formula is C21H21N5O9S. The fourth-order valence-corrected chi connectivity index (χ4v) is 3.07. The van der Waals surface area contributed by atoms with E-state index in [1.807, 2.05) is 0 Å². The van der Waals surface area contributed by atoms with Crippen molar-refractivity contribution in [3.8, 4) is 0 Å². The molecule has 3 aromatic rings. The highest BCUT2D eigenvalue weighted by Crippen LogP contribution is 2.16. The minimum absolute atomic E-state index is 0.0165. The topological polar surface area (TPSA) is 199 Å². The van der Waals surface area contributed by atoms with Crippen LogP contribution in [-0.2, 0) is 9.47 Å². The number of amides is 1. The van der Waals surface area contributed by atoms with Crippen LogP contribution in [0.2, 0.25) is 0 Å². The number of pyridine rings is 1. The Morgan fingerprint density at radius 1 is 0.861 bits per heavy atom. The number of aliphatic hydroxyl groups is 2. The molecule has 36 heavy (non-hydrogen) atoms. The van der Waals surface area contributed by atoms with Crippen LogP contribution in [0.15, 0.2) is 39.6 Å². The maximum Gasteiger partial charge on any atom is 0.360 e. The van der Waals surface area contributed by atoms with Gasteiger partial charge in [0.15, 0.2) is 11.4 Å². The van der Waals surface area contributed by atoms with Crippen LogP contribution in [0.1, 0.15) is 61.0 Å². The molecule has 3 rings (SSSR count). The molecule has 0 fully saturated rings. The molecule has 1 amide bonds. The van der Waals surface area contributed by atoms with Gasteiger partial charge in [0.25, 0.3) is 5.91 Å². The smallest absolute Gasteiger partial charge is 0.360 e. The number of aliphatic hydroxyl groups excluding tert-OH is 2. The number of hydrogen-bond donors (Lipinski definition) is 4. The number of nitrogens with zero attached hydrogens (tertiary/aromatic N) is 3. The number of carbonyl (C=O) groups excluding carboxylic acids is 3. The standard InChI is InChI=1S/C21H21N5O9S/c1-32-20(30)14-8-34-17(24-14)12(6-27)23-16(29)10-4-3-5-11(22-10)19(36)26-13(7-28)18-25-15(9-35-18)21(31)33-2/h3-5,8-9,12-13,27-28H,6-7H2,1-2H3,(H,23,29)(H,26,36). The third-order valence-electron chi connectivity index (χ3n) is 4.62. The molecular weight excluding hydrogens is 498 g/mol. The first kappa shape index (κ1) is 26.4. The molecule has 4 N–H and O–H groups in total. The zero-order valence-electron chi connectivity index (χ0n) is 19.0. The molecule has 0 saturated carbocycles. The highest BCUT2D eigenvalue weighted by atomic mass is 32.1. The van der Waals surface area contributed by atoms with Crippen molar-refractivity contribution < 1.29 is 42.9 Å². The van der Waals surface area contributed by atoms with Gasteiger partial charge in [-0.2, -0.15) is 0 Å². The van der Waals surface area contributed by atoms with Crippen LogP contribution < -0.4 is 10.6 Å². The normalized spacial score (nSPS) is 12.3. The van der Waals surface area contributed by atoms with E-state index in [2.05, 4.69) is 35.1 Å². The number of aromatic nitrogens is 3. The number of esters is 2. The number of methoxy groups -OCH3 is 2. The van der Waals surface area contributed by atoms with Crippen molar-refractivity contribution in [2.45, 2.75) is 12.1 Å². The van der Waals surface area contributed by atoms with E-state index in [-0.39, 0.29) is 39.5 Å². The molecule has 0 aliphatic carbocycles. The summed E-state index contributed by atoms with van der Waals surface area (Å²) in [6, 6.07) is 2.47. The van der Waals surface area contributed by atoms with Crippen molar-refractivity contribution in [2.24, 2.45) is 0 Å². The van der Waals surface area contributed by atoms with Gasteiger partial charge in [-0.15, -0.1) is 0 Å². The first-order valence-corrected chi connectivity index (χ1v) is 10.6. The van der Waals surface area contributed by atoms with E-state index in [0.717, 1.165) is 12.5 Å². The van der Waals surface area contributed by atoms with Gasteiger partial charge in [0, 0.05) is 0 Å². The summed E-state index contributed by atoms with van der Waals surface area (Å²) < 4.78 is 19.5. The number of hydrogen-bond acceptors (Lipinski definition) is 13. The Hall–Kier alpha value is -4.21. The van der Waals surface area contributed by atoms with Crippen molar-refractivity contribution >= 4 is 35.1 Å². The molecule has 0 aliphatic heterocycles. The molecule has 0 bridgehead atoms. The van der Waals surface area contributed by atoms with E-state index in [1.165, 1.54) is 32.4 Å². The number of oxazole rings is 2. The van der Waals surface area contributed by atoms with Crippen LogP contribution >= 0.6 is 12.2 Å². The fraction of sp³-hybridized carbons (Fsp3) is 0.286. The van der Waals surface area contributed by atoms with Crippen LogP contribution in [0.4, 0.5) is 0 Å². The third-order valence-corrected chi connectivity index (χ3v) is 4.95. The number of thiocarbonyl (C=S) groups is 1. The summed E-state index contributed by atoms with van der Waals surface area (Å²) in [5.41, 5.74) is -0.0846. The molecule has 0 aromatic carbocycles. The molecule has 0 aliphatic rings. The number of rotatable bonds is 10. The average Bonchev–Trinajstić information content (AvgIpc) is 3.60. The Morgan fingerprint density at radius 2 is 1.36 bits per heavy atom. The number of ether oxygens (including phenoxy) is 2. The predicted molar refractivity (Wildman–Crippen MR) is 122 cm³/mol. The van der Waals surface area contributed by atoms with E-state index in [9.17, 15) is 24.6 Å². The lowest BCUT2D eigenvalue weighted by molar-refractivity contribution is 0.0585. The first-order valence-electron chi connectivity index (χ1n) is 10.2. The van der Waals surface area contributed by atoms with Gasteiger partial charge in [-0.1, -0.05) is 18.3 Å². The summed E-state index contributed by atoms with van der Waals surface area (Å²) in [5.74, 6) is -2.27. The maximum absolute atomic E-state index is 12.7. The zero-order chi connectivity index (χ0) is 26.2. The summed E-state index contributed by atoms with van der Waals surface area (Å²) >= 11 is 5.33. The molecule has 2 atom stereocenters. The third kappa shape index (κ3) is 6.07. The van der Waals surface area contributed by atoms with E-state index >= 15 is 0 Å². The summed E-state index contributed by atoms with van der Waals surface area (Å²) in [4.78, 5) is 48.0. The second kappa shape index (κ2) is 12.0. The van der Waals surface area contributed by atoms with Crippen molar-refractivity contribution in [2.75, 3.05) is 27.4 Å². The Labute approximate surface area is 208 Å². The second-order valence-corrected chi connectivity index (χ2v) is 7.36. The van der Waals surface area contributed by atoms with E-state index in [4.69, 9.17) is 21.1 Å². The highest BCUT2D eigenvalue weighted by Gasteiger charge is 2.24. The van der Waals surface area contributed by atoms with Crippen LogP contribution in [0, 0.1) is 0 Å². The minimum Gasteiger partial charge on any atom is -0.464 e. The maximum atomic E-state index is 12.7. The van der Waals surface area contributed by atoms with E-state index in [0.29, 0.717) is 0 Å². The van der Waals surface area contributed by atoms with Gasteiger partial charge in [0.1, 0.15) is 35.3 Å². The molecule has 3 aromatic heterocycles. The molecule has 0 radical (unpaired) electrons. The Bertz CT molecular complexity index is 1170. The first-order chi connectivity index (χ1) is 17.3. The predicted octanol–water partition coefficient (Wildman–Crippen LogP) is 0.0929. The molecule has 0 spiro atoms. The van der Waals surface area contributed by atoms with Crippen LogP contribution in [0.5, 0.6) is 0 Å². The van der Waals surface area contributed by atoms with Gasteiger partial charge in [-0.3, -0.25) is 4.79 Å². The van der Waals surface area contributed by atoms with Crippen LogP contribution in [0.25, 0.3) is 0 Å². The average molecular weight is 519 g/mol. The van der Waals surface area contributed by atoms with Gasteiger partial charge in [-0.25, -0.2) is 24.5 Å². The SMILES string of the molecule is COC(=O)c1coc(C(CO)NC(=O)c2cccc(C(=S)NC(CO)c3nc(C(=O)OC)co3)n2)n1. The Kier molecular flexibility index (Phi) is 8.77. The van der Waals surface area contributed by atoms with Gasteiger partial charge in [0.05, 0.1) is 33.1 Å². The molecule has 14 nitrogen and oxygen atoms in total. The van der Waals surface area contributed by atoms with E-state index < -0.39 is 43.1 Å². The van der Waals surface area contributed by atoms with Gasteiger partial charge in [-0.05, 0) is 12.1 Å². The Morgan fingerprint density at radius 3 is 1.86 bits per heavy atom. The van der Waals surface area contributed by atoms with Crippen molar-refractivity contribution in [1.29, 1.82) is 0 Å². The number of carbonyl (C=O) groups is 3. The largest absolute Gasteiger partial charge is 0.464 e. The lowest BCUT2D eigenvalue weighted by Crippen LogP contribution is -2.33. The van der Waals surface area contributed by atoms with Crippen molar-refractivity contribution in [1.82, 2.24) is 25.6 Å². The molecule has 2 unspecified atom stereocenters. The molecule has 0 saturated heterocycles. The number of nitrogens with one attached hydrogen (secondary N) is 2. The quantitative estimate of drug-likeness (QED) is 0.207. The highest BCUT2D eigenvalue weighted by molar-refractivity contribution is 7.80. The zero-order valence-corrected chi connectivity index (χ0v) is 19.8. The van der Waals surface area contributed by atoms with Gasteiger partial charge >= 0.3 is 11.9 Å². The van der Waals surface area contributed by atoms with Gasteiger partial charge < -0.3 is 39.2 Å². The molecule has 15 heteroatoms. The second-order valence-electron chi connectivity index (χ2n) is 6.95. The summed E-state index contributed by atoms with van der Waals surface area (Å²) in [6.45, 7) is -1.06. The summed E-state index contributed by atoms with van der Waals surface area (Å²) in [5, 5.41) is 24.7. The van der Waals surface area contributed by atoms with Crippen LogP contribution in [-0.4, -0.2) is 75.4 Å².